The van der Waals surface area contributed by atoms with Gasteiger partial charge in [-0.05, 0) is 36.8 Å². The number of hydrogen-bond acceptors (Lipinski definition) is 3. The molecule has 0 fully saturated rings. The fourth-order valence-electron chi connectivity index (χ4n) is 2.46. The molecule has 1 aliphatic rings. The maximum absolute atomic E-state index is 12.4. The molecule has 1 amide bonds. The van der Waals surface area contributed by atoms with Crippen molar-refractivity contribution in [1.82, 2.24) is 5.32 Å². The van der Waals surface area contributed by atoms with Crippen molar-refractivity contribution in [3.8, 4) is 5.75 Å². The zero-order valence-corrected chi connectivity index (χ0v) is 12.4. The lowest BCUT2D eigenvalue weighted by atomic mass is 10.1. The second-order valence-electron chi connectivity index (χ2n) is 5.06. The Labute approximate surface area is 129 Å². The van der Waals surface area contributed by atoms with Gasteiger partial charge in [-0.1, -0.05) is 24.3 Å². The van der Waals surface area contributed by atoms with Crippen molar-refractivity contribution in [2.45, 2.75) is 6.42 Å². The van der Waals surface area contributed by atoms with Crippen LogP contribution in [0, 0.1) is 0 Å². The minimum atomic E-state index is -0.131. The molecule has 0 bridgehead atoms. The van der Waals surface area contributed by atoms with Crippen molar-refractivity contribution in [1.29, 1.82) is 0 Å². The van der Waals surface area contributed by atoms with E-state index in [2.05, 4.69) is 16.7 Å². The van der Waals surface area contributed by atoms with Gasteiger partial charge < -0.3 is 15.4 Å². The van der Waals surface area contributed by atoms with Crippen LogP contribution in [-0.4, -0.2) is 19.6 Å². The summed E-state index contributed by atoms with van der Waals surface area (Å²) in [5.74, 6) is 0.603. The summed E-state index contributed by atoms with van der Waals surface area (Å²) in [4.78, 5) is 12.4. The van der Waals surface area contributed by atoms with E-state index in [0.29, 0.717) is 5.56 Å². The third kappa shape index (κ3) is 2.96. The number of hydrogen-bond donors (Lipinski definition) is 2. The van der Waals surface area contributed by atoms with Crippen LogP contribution < -0.4 is 15.4 Å². The van der Waals surface area contributed by atoms with Gasteiger partial charge in [0.2, 0.25) is 0 Å². The highest BCUT2D eigenvalue weighted by atomic mass is 16.5. The molecule has 0 aliphatic carbocycles. The van der Waals surface area contributed by atoms with Crippen LogP contribution in [-0.2, 0) is 0 Å². The molecular formula is C18H18N2O2. The van der Waals surface area contributed by atoms with Crippen molar-refractivity contribution >= 4 is 17.3 Å². The van der Waals surface area contributed by atoms with Crippen LogP contribution in [0.3, 0.4) is 0 Å². The number of nitrogens with one attached hydrogen (secondary N) is 2. The van der Waals surface area contributed by atoms with E-state index in [0.717, 1.165) is 35.7 Å². The van der Waals surface area contributed by atoms with Crippen LogP contribution in [0.1, 0.15) is 22.3 Å². The van der Waals surface area contributed by atoms with Gasteiger partial charge in [-0.15, -0.1) is 0 Å². The molecule has 0 unspecified atom stereocenters. The third-order valence-corrected chi connectivity index (χ3v) is 3.63. The topological polar surface area (TPSA) is 50.4 Å². The largest absolute Gasteiger partial charge is 0.497 e. The number of methoxy groups -OCH3 is 1. The van der Waals surface area contributed by atoms with E-state index in [4.69, 9.17) is 4.74 Å². The smallest absolute Gasteiger partial charge is 0.255 e. The summed E-state index contributed by atoms with van der Waals surface area (Å²) in [7, 11) is 1.60. The fraction of sp³-hybridized carbons (Fsp3) is 0.167. The van der Waals surface area contributed by atoms with Gasteiger partial charge in [-0.3, -0.25) is 4.79 Å². The molecular weight excluding hydrogens is 276 g/mol. The molecule has 4 nitrogen and oxygen atoms in total. The third-order valence-electron chi connectivity index (χ3n) is 3.63. The Morgan fingerprint density at radius 3 is 2.59 bits per heavy atom. The minimum Gasteiger partial charge on any atom is -0.497 e. The first kappa shape index (κ1) is 14.2. The molecule has 2 N–H and O–H groups in total. The molecule has 1 heterocycles. The van der Waals surface area contributed by atoms with E-state index in [1.54, 1.807) is 31.4 Å². The van der Waals surface area contributed by atoms with Gasteiger partial charge in [0.1, 0.15) is 5.75 Å². The number of ether oxygens (including phenoxy) is 1. The van der Waals surface area contributed by atoms with Crippen molar-refractivity contribution in [2.75, 3.05) is 19.0 Å². The van der Waals surface area contributed by atoms with Gasteiger partial charge in [-0.2, -0.15) is 0 Å². The van der Waals surface area contributed by atoms with Crippen LogP contribution in [0.2, 0.25) is 0 Å². The predicted molar refractivity (Wildman–Crippen MR) is 88.0 cm³/mol. The van der Waals surface area contributed by atoms with Crippen LogP contribution in [0.4, 0.5) is 5.69 Å². The zero-order chi connectivity index (χ0) is 15.4. The molecule has 0 radical (unpaired) electrons. The second kappa shape index (κ2) is 6.35. The highest BCUT2D eigenvalue weighted by Crippen LogP contribution is 2.25. The van der Waals surface area contributed by atoms with Crippen molar-refractivity contribution in [3.05, 3.63) is 65.7 Å². The monoisotopic (exact) mass is 294 g/mol. The summed E-state index contributed by atoms with van der Waals surface area (Å²) in [6.45, 7) is 0.941. The van der Waals surface area contributed by atoms with Crippen molar-refractivity contribution in [3.63, 3.8) is 0 Å². The molecule has 0 spiro atoms. The lowest BCUT2D eigenvalue weighted by molar-refractivity contribution is 0.102. The molecule has 2 aromatic rings. The van der Waals surface area contributed by atoms with Gasteiger partial charge >= 0.3 is 0 Å². The number of amides is 1. The lowest BCUT2D eigenvalue weighted by Crippen LogP contribution is -2.15. The first-order valence-corrected chi connectivity index (χ1v) is 7.27. The molecule has 2 aromatic carbocycles. The molecule has 112 valence electrons. The standard InChI is InChI=1S/C18H18N2O2/c1-22-14-10-8-13(9-11-14)18(21)20-17-6-3-2-5-15(17)16-7-4-12-19-16/h2-3,5-11,19H,4,12H2,1H3,(H,20,21). The van der Waals surface area contributed by atoms with E-state index >= 15 is 0 Å². The molecule has 3 rings (SSSR count). The quantitative estimate of drug-likeness (QED) is 0.910. The van der Waals surface area contributed by atoms with Gasteiger partial charge in [0.05, 0.1) is 12.8 Å². The maximum atomic E-state index is 12.4. The summed E-state index contributed by atoms with van der Waals surface area (Å²) >= 11 is 0. The Bertz CT molecular complexity index is 705. The van der Waals surface area contributed by atoms with Crippen LogP contribution in [0.25, 0.3) is 5.70 Å². The SMILES string of the molecule is COc1ccc(C(=O)Nc2ccccc2C2=CCCN2)cc1. The minimum absolute atomic E-state index is 0.131. The Balaban J connectivity index is 1.81. The van der Waals surface area contributed by atoms with E-state index in [1.165, 1.54) is 0 Å². The number of anilines is 1. The Morgan fingerprint density at radius 1 is 1.14 bits per heavy atom. The molecule has 0 atom stereocenters. The summed E-state index contributed by atoms with van der Waals surface area (Å²) < 4.78 is 5.11. The molecule has 1 aliphatic heterocycles. The van der Waals surface area contributed by atoms with Crippen LogP contribution >= 0.6 is 0 Å². The Morgan fingerprint density at radius 2 is 1.91 bits per heavy atom. The Hall–Kier alpha value is -2.75. The Kier molecular flexibility index (Phi) is 4.10. The summed E-state index contributed by atoms with van der Waals surface area (Å²) in [5.41, 5.74) is 3.50. The predicted octanol–water partition coefficient (Wildman–Crippen LogP) is 3.28. The summed E-state index contributed by atoms with van der Waals surface area (Å²) in [6.07, 6.45) is 3.16. The van der Waals surface area contributed by atoms with Crippen LogP contribution in [0.5, 0.6) is 5.75 Å². The molecule has 0 saturated heterocycles. The maximum Gasteiger partial charge on any atom is 0.255 e. The zero-order valence-electron chi connectivity index (χ0n) is 12.4. The second-order valence-corrected chi connectivity index (χ2v) is 5.06. The first-order valence-electron chi connectivity index (χ1n) is 7.27. The molecule has 22 heavy (non-hydrogen) atoms. The van der Waals surface area contributed by atoms with Gasteiger partial charge in [0.15, 0.2) is 0 Å². The normalized spacial score (nSPS) is 13.2. The number of carbonyl (C=O) groups is 1. The van der Waals surface area contributed by atoms with E-state index in [-0.39, 0.29) is 5.91 Å². The van der Waals surface area contributed by atoms with Gasteiger partial charge in [-0.25, -0.2) is 0 Å². The van der Waals surface area contributed by atoms with Crippen molar-refractivity contribution < 1.29 is 9.53 Å². The highest BCUT2D eigenvalue weighted by Gasteiger charge is 2.13. The number of rotatable bonds is 4. The van der Waals surface area contributed by atoms with Crippen LogP contribution in [0.15, 0.2) is 54.6 Å². The van der Waals surface area contributed by atoms with E-state index in [1.807, 2.05) is 24.3 Å². The first-order chi connectivity index (χ1) is 10.8. The lowest BCUT2D eigenvalue weighted by Gasteiger charge is -2.12. The van der Waals surface area contributed by atoms with E-state index in [9.17, 15) is 4.79 Å². The van der Waals surface area contributed by atoms with E-state index < -0.39 is 0 Å². The average molecular weight is 294 g/mol. The number of carbonyl (C=O) groups excluding carboxylic acids is 1. The van der Waals surface area contributed by atoms with Gasteiger partial charge in [0.25, 0.3) is 5.91 Å². The number of benzene rings is 2. The number of para-hydroxylation sites is 1. The highest BCUT2D eigenvalue weighted by molar-refractivity contribution is 6.05. The summed E-state index contributed by atoms with van der Waals surface area (Å²) in [6, 6.07) is 14.9. The average Bonchev–Trinajstić information content (AvgIpc) is 3.10. The van der Waals surface area contributed by atoms with Gasteiger partial charge in [0, 0.05) is 23.4 Å². The molecule has 0 saturated carbocycles. The molecule has 0 aromatic heterocycles. The summed E-state index contributed by atoms with van der Waals surface area (Å²) in [5, 5.41) is 6.32. The fourth-order valence-corrected chi connectivity index (χ4v) is 2.46. The van der Waals surface area contributed by atoms with Crippen molar-refractivity contribution in [2.24, 2.45) is 0 Å². The molecule has 4 heteroatoms.